The SMILES string of the molecule is CNC(C)c1nc(-c2ccc(OC)c(C)c2)cs1. The van der Waals surface area contributed by atoms with Gasteiger partial charge in [0.25, 0.3) is 0 Å². The van der Waals surface area contributed by atoms with Crippen molar-refractivity contribution in [2.75, 3.05) is 14.2 Å². The molecule has 96 valence electrons. The van der Waals surface area contributed by atoms with Gasteiger partial charge in [0.15, 0.2) is 0 Å². The number of rotatable bonds is 4. The molecule has 2 aromatic rings. The number of aromatic nitrogens is 1. The molecule has 1 aromatic carbocycles. The molecule has 0 radical (unpaired) electrons. The summed E-state index contributed by atoms with van der Waals surface area (Å²) in [5.41, 5.74) is 3.30. The van der Waals surface area contributed by atoms with Gasteiger partial charge in [-0.05, 0) is 44.7 Å². The third-order valence-electron chi connectivity index (χ3n) is 3.02. The van der Waals surface area contributed by atoms with Crippen LogP contribution in [0.4, 0.5) is 0 Å². The molecule has 0 saturated carbocycles. The van der Waals surface area contributed by atoms with E-state index in [1.165, 1.54) is 0 Å². The molecular formula is C14H18N2OS. The van der Waals surface area contributed by atoms with E-state index in [1.807, 2.05) is 20.0 Å². The highest BCUT2D eigenvalue weighted by Gasteiger charge is 2.10. The Hall–Kier alpha value is -1.39. The van der Waals surface area contributed by atoms with E-state index in [4.69, 9.17) is 4.74 Å². The lowest BCUT2D eigenvalue weighted by Gasteiger charge is -2.06. The molecule has 1 atom stereocenters. The molecule has 1 N–H and O–H groups in total. The van der Waals surface area contributed by atoms with Crippen LogP contribution >= 0.6 is 11.3 Å². The summed E-state index contributed by atoms with van der Waals surface area (Å²) >= 11 is 1.69. The Morgan fingerprint density at radius 1 is 1.39 bits per heavy atom. The molecule has 0 saturated heterocycles. The van der Waals surface area contributed by atoms with Gasteiger partial charge in [0.1, 0.15) is 10.8 Å². The molecule has 4 heteroatoms. The van der Waals surface area contributed by atoms with E-state index in [0.717, 1.165) is 27.6 Å². The minimum atomic E-state index is 0.295. The van der Waals surface area contributed by atoms with Crippen molar-refractivity contribution >= 4 is 11.3 Å². The number of methoxy groups -OCH3 is 1. The summed E-state index contributed by atoms with van der Waals surface area (Å²) in [6.07, 6.45) is 0. The van der Waals surface area contributed by atoms with Crippen molar-refractivity contribution in [2.24, 2.45) is 0 Å². The van der Waals surface area contributed by atoms with Crippen LogP contribution in [0.5, 0.6) is 5.75 Å². The van der Waals surface area contributed by atoms with Crippen molar-refractivity contribution in [1.82, 2.24) is 10.3 Å². The Labute approximate surface area is 112 Å². The summed E-state index contributed by atoms with van der Waals surface area (Å²) in [6, 6.07) is 6.45. The molecule has 0 spiro atoms. The summed E-state index contributed by atoms with van der Waals surface area (Å²) < 4.78 is 5.27. The molecule has 0 fully saturated rings. The number of hydrogen-bond acceptors (Lipinski definition) is 4. The topological polar surface area (TPSA) is 34.2 Å². The largest absolute Gasteiger partial charge is 0.496 e. The Bertz CT molecular complexity index is 536. The summed E-state index contributed by atoms with van der Waals surface area (Å²) in [5, 5.41) is 6.42. The van der Waals surface area contributed by atoms with Crippen LogP contribution in [-0.2, 0) is 0 Å². The van der Waals surface area contributed by atoms with Crippen LogP contribution in [0.15, 0.2) is 23.6 Å². The van der Waals surface area contributed by atoms with E-state index in [0.29, 0.717) is 6.04 Å². The van der Waals surface area contributed by atoms with E-state index >= 15 is 0 Å². The number of hydrogen-bond donors (Lipinski definition) is 1. The molecular weight excluding hydrogens is 244 g/mol. The highest BCUT2D eigenvalue weighted by molar-refractivity contribution is 7.10. The molecule has 2 rings (SSSR count). The molecule has 1 aromatic heterocycles. The van der Waals surface area contributed by atoms with Gasteiger partial charge in [-0.15, -0.1) is 11.3 Å². The normalized spacial score (nSPS) is 12.4. The number of nitrogens with zero attached hydrogens (tertiary/aromatic N) is 1. The van der Waals surface area contributed by atoms with Gasteiger partial charge in [-0.25, -0.2) is 4.98 Å². The smallest absolute Gasteiger partial charge is 0.121 e. The fraction of sp³-hybridized carbons (Fsp3) is 0.357. The highest BCUT2D eigenvalue weighted by atomic mass is 32.1. The lowest BCUT2D eigenvalue weighted by Crippen LogP contribution is -2.11. The fourth-order valence-electron chi connectivity index (χ4n) is 1.78. The zero-order valence-electron chi connectivity index (χ0n) is 11.2. The maximum absolute atomic E-state index is 5.27. The highest BCUT2D eigenvalue weighted by Crippen LogP contribution is 2.28. The minimum absolute atomic E-state index is 0.295. The van der Waals surface area contributed by atoms with Gasteiger partial charge in [-0.3, -0.25) is 0 Å². The zero-order valence-corrected chi connectivity index (χ0v) is 12.0. The third-order valence-corrected chi connectivity index (χ3v) is 4.04. The first kappa shape index (κ1) is 13.1. The number of ether oxygens (including phenoxy) is 1. The minimum Gasteiger partial charge on any atom is -0.496 e. The first-order valence-electron chi connectivity index (χ1n) is 5.93. The Morgan fingerprint density at radius 3 is 2.78 bits per heavy atom. The lowest BCUT2D eigenvalue weighted by molar-refractivity contribution is 0.412. The molecule has 18 heavy (non-hydrogen) atoms. The van der Waals surface area contributed by atoms with Crippen molar-refractivity contribution in [2.45, 2.75) is 19.9 Å². The molecule has 0 bridgehead atoms. The quantitative estimate of drug-likeness (QED) is 0.917. The maximum Gasteiger partial charge on any atom is 0.121 e. The van der Waals surface area contributed by atoms with Crippen molar-refractivity contribution in [3.63, 3.8) is 0 Å². The van der Waals surface area contributed by atoms with Crippen LogP contribution in [0, 0.1) is 6.92 Å². The number of thiazole rings is 1. The van der Waals surface area contributed by atoms with Crippen LogP contribution in [0.1, 0.15) is 23.5 Å². The van der Waals surface area contributed by atoms with Gasteiger partial charge in [0.05, 0.1) is 18.8 Å². The van der Waals surface area contributed by atoms with Crippen molar-refractivity contribution in [3.05, 3.63) is 34.2 Å². The average molecular weight is 262 g/mol. The van der Waals surface area contributed by atoms with Gasteiger partial charge in [0.2, 0.25) is 0 Å². The standard InChI is InChI=1S/C14H18N2OS/c1-9-7-11(5-6-13(9)17-4)12-8-18-14(16-12)10(2)15-3/h5-8,10,15H,1-4H3. The van der Waals surface area contributed by atoms with Gasteiger partial charge in [0, 0.05) is 10.9 Å². The summed E-state index contributed by atoms with van der Waals surface area (Å²) in [5.74, 6) is 0.915. The van der Waals surface area contributed by atoms with Gasteiger partial charge < -0.3 is 10.1 Å². The number of nitrogens with one attached hydrogen (secondary N) is 1. The first-order chi connectivity index (χ1) is 8.65. The molecule has 0 aliphatic heterocycles. The zero-order chi connectivity index (χ0) is 13.1. The third kappa shape index (κ3) is 2.54. The summed E-state index contributed by atoms with van der Waals surface area (Å²) in [6.45, 7) is 4.16. The van der Waals surface area contributed by atoms with Crippen LogP contribution in [0.25, 0.3) is 11.3 Å². The predicted molar refractivity (Wildman–Crippen MR) is 76.3 cm³/mol. The van der Waals surface area contributed by atoms with Crippen LogP contribution in [0.2, 0.25) is 0 Å². The van der Waals surface area contributed by atoms with Crippen LogP contribution in [-0.4, -0.2) is 19.1 Å². The first-order valence-corrected chi connectivity index (χ1v) is 6.81. The monoisotopic (exact) mass is 262 g/mol. The van der Waals surface area contributed by atoms with E-state index in [2.05, 4.69) is 34.7 Å². The average Bonchev–Trinajstić information content (AvgIpc) is 2.87. The lowest BCUT2D eigenvalue weighted by atomic mass is 10.1. The summed E-state index contributed by atoms with van der Waals surface area (Å²) in [4.78, 5) is 4.66. The van der Waals surface area contributed by atoms with E-state index in [9.17, 15) is 0 Å². The summed E-state index contributed by atoms with van der Waals surface area (Å²) in [7, 11) is 3.64. The van der Waals surface area contributed by atoms with Gasteiger partial charge in [-0.1, -0.05) is 0 Å². The Balaban J connectivity index is 2.31. The number of aryl methyl sites for hydroxylation is 1. The Kier molecular flexibility index (Phi) is 3.99. The van der Waals surface area contributed by atoms with E-state index < -0.39 is 0 Å². The van der Waals surface area contributed by atoms with E-state index in [1.54, 1.807) is 18.4 Å². The van der Waals surface area contributed by atoms with Crippen molar-refractivity contribution in [3.8, 4) is 17.0 Å². The second kappa shape index (κ2) is 5.50. The second-order valence-electron chi connectivity index (χ2n) is 4.27. The predicted octanol–water partition coefficient (Wildman–Crippen LogP) is 3.41. The van der Waals surface area contributed by atoms with Crippen LogP contribution in [0.3, 0.4) is 0 Å². The molecule has 1 unspecified atom stereocenters. The van der Waals surface area contributed by atoms with Gasteiger partial charge >= 0.3 is 0 Å². The van der Waals surface area contributed by atoms with Crippen LogP contribution < -0.4 is 10.1 Å². The fourth-order valence-corrected chi connectivity index (χ4v) is 2.67. The molecule has 0 aliphatic carbocycles. The van der Waals surface area contributed by atoms with E-state index in [-0.39, 0.29) is 0 Å². The van der Waals surface area contributed by atoms with Crippen molar-refractivity contribution in [1.29, 1.82) is 0 Å². The molecule has 3 nitrogen and oxygen atoms in total. The Morgan fingerprint density at radius 2 is 2.17 bits per heavy atom. The van der Waals surface area contributed by atoms with Gasteiger partial charge in [-0.2, -0.15) is 0 Å². The van der Waals surface area contributed by atoms with Crippen molar-refractivity contribution < 1.29 is 4.74 Å². The molecule has 0 aliphatic rings. The molecule has 1 heterocycles. The number of benzene rings is 1. The second-order valence-corrected chi connectivity index (χ2v) is 5.16. The maximum atomic E-state index is 5.27. The molecule has 0 amide bonds.